The van der Waals surface area contributed by atoms with Gasteiger partial charge in [0.2, 0.25) is 5.76 Å². The Balaban J connectivity index is 0.000000213. The molecule has 0 saturated carbocycles. The second kappa shape index (κ2) is 18.6. The zero-order chi connectivity index (χ0) is 43.0. The van der Waals surface area contributed by atoms with Crippen molar-refractivity contribution in [3.05, 3.63) is 155 Å². The van der Waals surface area contributed by atoms with Crippen LogP contribution in [0.3, 0.4) is 0 Å². The summed E-state index contributed by atoms with van der Waals surface area (Å²) in [5, 5.41) is 12.6. The molecule has 0 atom stereocenters. The van der Waals surface area contributed by atoms with Crippen molar-refractivity contribution in [2.24, 2.45) is 0 Å². The molecular formula is C45H42N2O12S. The van der Waals surface area contributed by atoms with Gasteiger partial charge < -0.3 is 37.4 Å². The van der Waals surface area contributed by atoms with Crippen molar-refractivity contribution in [3.8, 4) is 45.3 Å². The number of amides is 1. The first-order chi connectivity index (χ1) is 28.7. The number of sulfonamides is 1. The van der Waals surface area contributed by atoms with E-state index in [0.717, 1.165) is 39.3 Å². The van der Waals surface area contributed by atoms with E-state index in [0.29, 0.717) is 28.6 Å². The van der Waals surface area contributed by atoms with Gasteiger partial charge in [-0.15, -0.1) is 0 Å². The van der Waals surface area contributed by atoms with Gasteiger partial charge >= 0.3 is 11.9 Å². The average Bonchev–Trinajstić information content (AvgIpc) is 3.94. The van der Waals surface area contributed by atoms with E-state index in [9.17, 15) is 18.0 Å². The summed E-state index contributed by atoms with van der Waals surface area (Å²) in [4.78, 5) is 23.3. The zero-order valence-corrected chi connectivity index (χ0v) is 34.4. The molecule has 0 bridgehead atoms. The molecule has 0 saturated heterocycles. The number of benzene rings is 4. The van der Waals surface area contributed by atoms with Gasteiger partial charge in [-0.2, -0.15) is 0 Å². The van der Waals surface area contributed by atoms with E-state index >= 15 is 0 Å². The van der Waals surface area contributed by atoms with Gasteiger partial charge in [0.25, 0.3) is 10.0 Å². The number of hydrogen-bond donors (Lipinski definition) is 2. The SMILES string of the molecule is COc1ccc(-c2ccc(OCc3cc(C(=O)NS(=O)(=O)c4c(C)noc4C)oc3C)cc2)cc1.COc1ccc(-c2ccc(OCc3cc(C(=O)O)oc3C)cc2)cc1. The molecule has 0 aliphatic heterocycles. The highest BCUT2D eigenvalue weighted by atomic mass is 32.2. The number of carbonyl (C=O) groups is 2. The number of nitrogens with one attached hydrogen (secondary N) is 1. The molecule has 0 fully saturated rings. The van der Waals surface area contributed by atoms with Gasteiger partial charge in [0.1, 0.15) is 53.4 Å². The van der Waals surface area contributed by atoms with Crippen molar-refractivity contribution in [2.45, 2.75) is 45.8 Å². The predicted octanol–water partition coefficient (Wildman–Crippen LogP) is 9.11. The number of furan rings is 2. The molecule has 310 valence electrons. The quantitative estimate of drug-likeness (QED) is 0.106. The van der Waals surface area contributed by atoms with Crippen molar-refractivity contribution < 1.29 is 55.4 Å². The van der Waals surface area contributed by atoms with Crippen LogP contribution >= 0.6 is 0 Å². The standard InChI is InChI=1S/C25H24N2O7S.C20H18O5/c1-15-24(17(3)34-26-15)35(29,30)27-25(28)23-13-20(16(2)33-23)14-32-22-11-7-19(8-12-22)18-5-9-21(31-4)10-6-18;1-13-16(11-19(25-13)20(21)22)12-24-18-9-5-15(6-10-18)14-3-7-17(23-2)8-4-14/h5-13H,14H2,1-4H3,(H,27,28);3-11H,12H2,1-2H3,(H,21,22). The van der Waals surface area contributed by atoms with Crippen LogP contribution in [0, 0.1) is 27.7 Å². The number of nitrogens with zero attached hydrogens (tertiary/aromatic N) is 1. The third-order valence-corrected chi connectivity index (χ3v) is 10.9. The van der Waals surface area contributed by atoms with Gasteiger partial charge in [-0.25, -0.2) is 17.9 Å². The maximum absolute atomic E-state index is 12.6. The van der Waals surface area contributed by atoms with Crippen LogP contribution < -0.4 is 23.7 Å². The Morgan fingerprint density at radius 2 is 0.983 bits per heavy atom. The average molecular weight is 835 g/mol. The Morgan fingerprint density at radius 1 is 0.600 bits per heavy atom. The number of rotatable bonds is 14. The third-order valence-electron chi connectivity index (χ3n) is 9.28. The fraction of sp³-hybridized carbons (Fsp3) is 0.178. The van der Waals surface area contributed by atoms with Crippen LogP contribution in [0.15, 0.2) is 127 Å². The maximum Gasteiger partial charge on any atom is 0.371 e. The van der Waals surface area contributed by atoms with E-state index in [2.05, 4.69) is 5.16 Å². The summed E-state index contributed by atoms with van der Waals surface area (Å²) < 4.78 is 64.6. The summed E-state index contributed by atoms with van der Waals surface area (Å²) in [5.74, 6) is 1.82. The van der Waals surface area contributed by atoms with Crippen LogP contribution in [-0.2, 0) is 23.2 Å². The van der Waals surface area contributed by atoms with Gasteiger partial charge in [-0.05, 0) is 111 Å². The fourth-order valence-corrected chi connectivity index (χ4v) is 7.29. The molecule has 7 aromatic rings. The number of aromatic nitrogens is 1. The number of carbonyl (C=O) groups excluding carboxylic acids is 1. The van der Waals surface area contributed by atoms with Crippen LogP contribution in [0.5, 0.6) is 23.0 Å². The number of carboxylic acid groups (broad SMARTS) is 1. The van der Waals surface area contributed by atoms with Crippen LogP contribution in [0.25, 0.3) is 22.3 Å². The number of aromatic carboxylic acids is 1. The van der Waals surface area contributed by atoms with Crippen LogP contribution in [0.1, 0.15) is 55.2 Å². The number of aryl methyl sites for hydroxylation is 4. The molecular weight excluding hydrogens is 793 g/mol. The minimum absolute atomic E-state index is 0.0778. The molecule has 0 radical (unpaired) electrons. The number of carboxylic acids is 1. The van der Waals surface area contributed by atoms with E-state index in [1.54, 1.807) is 28.1 Å². The molecule has 3 aromatic heterocycles. The topological polar surface area (TPSA) is 190 Å². The zero-order valence-electron chi connectivity index (χ0n) is 33.6. The van der Waals surface area contributed by atoms with Gasteiger partial charge in [0.05, 0.1) is 14.2 Å². The predicted molar refractivity (Wildman–Crippen MR) is 220 cm³/mol. The third kappa shape index (κ3) is 10.2. The lowest BCUT2D eigenvalue weighted by atomic mass is 10.1. The molecule has 60 heavy (non-hydrogen) atoms. The number of hydrogen-bond acceptors (Lipinski definition) is 12. The van der Waals surface area contributed by atoms with E-state index in [1.165, 1.54) is 26.0 Å². The minimum atomic E-state index is -4.17. The molecule has 7 rings (SSSR count). The van der Waals surface area contributed by atoms with Crippen molar-refractivity contribution in [2.75, 3.05) is 14.2 Å². The molecule has 15 heteroatoms. The van der Waals surface area contributed by atoms with Crippen molar-refractivity contribution >= 4 is 21.9 Å². The number of methoxy groups -OCH3 is 2. The highest BCUT2D eigenvalue weighted by Gasteiger charge is 2.28. The molecule has 0 aliphatic rings. The maximum atomic E-state index is 12.6. The molecule has 1 amide bonds. The number of ether oxygens (including phenoxy) is 4. The second-order valence-corrected chi connectivity index (χ2v) is 15.0. The highest BCUT2D eigenvalue weighted by Crippen LogP contribution is 2.28. The van der Waals surface area contributed by atoms with E-state index in [-0.39, 0.29) is 41.1 Å². The summed E-state index contributed by atoms with van der Waals surface area (Å²) in [5.41, 5.74) is 5.72. The summed E-state index contributed by atoms with van der Waals surface area (Å²) in [6.07, 6.45) is 0. The molecule has 3 heterocycles. The molecule has 0 spiro atoms. The molecule has 4 aromatic carbocycles. The Morgan fingerprint density at radius 3 is 1.33 bits per heavy atom. The van der Waals surface area contributed by atoms with Gasteiger partial charge in [-0.1, -0.05) is 53.7 Å². The minimum Gasteiger partial charge on any atom is -0.497 e. The first-order valence-electron chi connectivity index (χ1n) is 18.4. The Kier molecular flexibility index (Phi) is 13.1. The largest absolute Gasteiger partial charge is 0.497 e. The van der Waals surface area contributed by atoms with Gasteiger partial charge in [0, 0.05) is 11.1 Å². The van der Waals surface area contributed by atoms with Crippen LogP contribution in [0.4, 0.5) is 0 Å². The fourth-order valence-electron chi connectivity index (χ4n) is 6.00. The Labute approximate surface area is 346 Å². The second-order valence-electron chi connectivity index (χ2n) is 13.4. The first kappa shape index (κ1) is 42.3. The summed E-state index contributed by atoms with van der Waals surface area (Å²) in [6, 6.07) is 33.8. The normalized spacial score (nSPS) is 11.0. The Hall–Kier alpha value is -7.26. The van der Waals surface area contributed by atoms with Crippen molar-refractivity contribution in [1.29, 1.82) is 0 Å². The Bertz CT molecular complexity index is 2660. The lowest BCUT2D eigenvalue weighted by Gasteiger charge is -2.07. The molecule has 2 N–H and O–H groups in total. The molecule has 0 aliphatic carbocycles. The van der Waals surface area contributed by atoms with E-state index in [1.807, 2.05) is 102 Å². The monoisotopic (exact) mass is 834 g/mol. The molecule has 14 nitrogen and oxygen atoms in total. The lowest BCUT2D eigenvalue weighted by molar-refractivity contribution is 0.0660. The van der Waals surface area contributed by atoms with E-state index < -0.39 is 21.9 Å². The van der Waals surface area contributed by atoms with Gasteiger partial charge in [-0.3, -0.25) is 4.79 Å². The lowest BCUT2D eigenvalue weighted by Crippen LogP contribution is -2.31. The van der Waals surface area contributed by atoms with Crippen molar-refractivity contribution in [3.63, 3.8) is 0 Å². The molecule has 0 unspecified atom stereocenters. The van der Waals surface area contributed by atoms with Crippen LogP contribution in [-0.4, -0.2) is 44.8 Å². The van der Waals surface area contributed by atoms with Crippen LogP contribution in [0.2, 0.25) is 0 Å². The van der Waals surface area contributed by atoms with Gasteiger partial charge in [0.15, 0.2) is 16.4 Å². The van der Waals surface area contributed by atoms with E-state index in [4.69, 9.17) is 37.4 Å². The highest BCUT2D eigenvalue weighted by molar-refractivity contribution is 7.90. The summed E-state index contributed by atoms with van der Waals surface area (Å²) in [7, 11) is -0.903. The summed E-state index contributed by atoms with van der Waals surface area (Å²) >= 11 is 0. The van der Waals surface area contributed by atoms with Crippen molar-refractivity contribution in [1.82, 2.24) is 9.88 Å². The smallest absolute Gasteiger partial charge is 0.371 e. The first-order valence-corrected chi connectivity index (χ1v) is 19.9. The summed E-state index contributed by atoms with van der Waals surface area (Å²) in [6.45, 7) is 6.72.